The van der Waals surface area contributed by atoms with Gasteiger partial charge in [0.25, 0.3) is 0 Å². The van der Waals surface area contributed by atoms with E-state index in [4.69, 9.17) is 4.74 Å². The van der Waals surface area contributed by atoms with E-state index in [2.05, 4.69) is 31.3 Å². The van der Waals surface area contributed by atoms with Crippen molar-refractivity contribution >= 4 is 0 Å². The van der Waals surface area contributed by atoms with E-state index in [0.29, 0.717) is 23.6 Å². The standard InChI is InChI=1S/C13H23NO/c1-13(2)11(9-12(13)15-3)14-10-7-5-4-6-8-10/h5,7,10-12,14H,4,6,8-9H2,1-3H3. The van der Waals surface area contributed by atoms with Gasteiger partial charge in [-0.25, -0.2) is 0 Å². The van der Waals surface area contributed by atoms with Crippen LogP contribution in [0.2, 0.25) is 0 Å². The summed E-state index contributed by atoms with van der Waals surface area (Å²) in [6.45, 7) is 4.60. The third kappa shape index (κ3) is 2.11. The Kier molecular flexibility index (Phi) is 3.17. The summed E-state index contributed by atoms with van der Waals surface area (Å²) in [5.41, 5.74) is 0.292. The van der Waals surface area contributed by atoms with Crippen LogP contribution in [0, 0.1) is 5.41 Å². The molecular formula is C13H23NO. The Bertz CT molecular complexity index is 247. The number of rotatable bonds is 3. The molecule has 1 fully saturated rings. The van der Waals surface area contributed by atoms with Gasteiger partial charge in [0.05, 0.1) is 6.10 Å². The van der Waals surface area contributed by atoms with Gasteiger partial charge >= 0.3 is 0 Å². The second-order valence-corrected chi connectivity index (χ2v) is 5.47. The Hall–Kier alpha value is -0.340. The normalized spacial score (nSPS) is 38.7. The Morgan fingerprint density at radius 1 is 1.40 bits per heavy atom. The number of nitrogens with one attached hydrogen (secondary N) is 1. The lowest BCUT2D eigenvalue weighted by atomic mass is 9.64. The van der Waals surface area contributed by atoms with Crippen molar-refractivity contribution in [1.29, 1.82) is 0 Å². The van der Waals surface area contributed by atoms with Crippen molar-refractivity contribution < 1.29 is 4.74 Å². The molecule has 86 valence electrons. The van der Waals surface area contributed by atoms with Crippen molar-refractivity contribution in [2.75, 3.05) is 7.11 Å². The van der Waals surface area contributed by atoms with Crippen molar-refractivity contribution in [3.63, 3.8) is 0 Å². The van der Waals surface area contributed by atoms with Crippen LogP contribution in [0.5, 0.6) is 0 Å². The number of methoxy groups -OCH3 is 1. The smallest absolute Gasteiger partial charge is 0.0652 e. The molecule has 2 heteroatoms. The van der Waals surface area contributed by atoms with Crippen LogP contribution in [0.25, 0.3) is 0 Å². The minimum absolute atomic E-state index is 0.292. The van der Waals surface area contributed by atoms with Crippen LogP contribution in [0.15, 0.2) is 12.2 Å². The first-order valence-corrected chi connectivity index (χ1v) is 6.10. The fourth-order valence-corrected chi connectivity index (χ4v) is 2.78. The van der Waals surface area contributed by atoms with Gasteiger partial charge in [-0.1, -0.05) is 26.0 Å². The van der Waals surface area contributed by atoms with Gasteiger partial charge in [-0.05, 0) is 25.7 Å². The van der Waals surface area contributed by atoms with Gasteiger partial charge in [0.15, 0.2) is 0 Å². The van der Waals surface area contributed by atoms with Gasteiger partial charge < -0.3 is 10.1 Å². The van der Waals surface area contributed by atoms with E-state index in [1.165, 1.54) is 19.3 Å². The molecule has 1 N–H and O–H groups in total. The number of hydrogen-bond donors (Lipinski definition) is 1. The molecule has 0 aromatic heterocycles. The molecule has 0 radical (unpaired) electrons. The zero-order valence-corrected chi connectivity index (χ0v) is 10.1. The van der Waals surface area contributed by atoms with E-state index in [0.717, 1.165) is 6.42 Å². The molecule has 3 atom stereocenters. The average Bonchev–Trinajstić information content (AvgIpc) is 2.25. The highest BCUT2D eigenvalue weighted by Crippen LogP contribution is 2.42. The third-order valence-electron chi connectivity index (χ3n) is 4.13. The zero-order chi connectivity index (χ0) is 10.9. The van der Waals surface area contributed by atoms with Crippen molar-refractivity contribution in [2.45, 2.75) is 57.7 Å². The minimum Gasteiger partial charge on any atom is -0.381 e. The molecular weight excluding hydrogens is 186 g/mol. The lowest BCUT2D eigenvalue weighted by Gasteiger charge is -2.52. The maximum absolute atomic E-state index is 5.46. The highest BCUT2D eigenvalue weighted by molar-refractivity contribution is 5.07. The monoisotopic (exact) mass is 209 g/mol. The first-order valence-electron chi connectivity index (χ1n) is 6.10. The molecule has 0 amide bonds. The molecule has 0 spiro atoms. The maximum atomic E-state index is 5.46. The van der Waals surface area contributed by atoms with Gasteiger partial charge in [-0.2, -0.15) is 0 Å². The highest BCUT2D eigenvalue weighted by atomic mass is 16.5. The number of ether oxygens (including phenoxy) is 1. The molecule has 0 aromatic carbocycles. The van der Waals surface area contributed by atoms with Crippen LogP contribution >= 0.6 is 0 Å². The highest BCUT2D eigenvalue weighted by Gasteiger charge is 2.48. The Morgan fingerprint density at radius 3 is 2.73 bits per heavy atom. The molecule has 0 aliphatic heterocycles. The summed E-state index contributed by atoms with van der Waals surface area (Å²) >= 11 is 0. The van der Waals surface area contributed by atoms with Crippen LogP contribution in [0.4, 0.5) is 0 Å². The molecule has 0 heterocycles. The number of hydrogen-bond acceptors (Lipinski definition) is 2. The van der Waals surface area contributed by atoms with E-state index in [-0.39, 0.29) is 0 Å². The van der Waals surface area contributed by atoms with Gasteiger partial charge in [0.1, 0.15) is 0 Å². The first-order chi connectivity index (χ1) is 7.14. The summed E-state index contributed by atoms with van der Waals surface area (Å²) in [5.74, 6) is 0. The second-order valence-electron chi connectivity index (χ2n) is 5.47. The fraction of sp³-hybridized carbons (Fsp3) is 0.846. The van der Waals surface area contributed by atoms with Crippen molar-refractivity contribution in [2.24, 2.45) is 5.41 Å². The van der Waals surface area contributed by atoms with Gasteiger partial charge in [-0.3, -0.25) is 0 Å². The first kappa shape index (κ1) is 11.2. The van der Waals surface area contributed by atoms with Crippen molar-refractivity contribution in [3.05, 3.63) is 12.2 Å². The molecule has 2 rings (SSSR count). The van der Waals surface area contributed by atoms with E-state index in [1.54, 1.807) is 0 Å². The molecule has 2 aliphatic rings. The Labute approximate surface area is 93.1 Å². The molecule has 0 saturated heterocycles. The summed E-state index contributed by atoms with van der Waals surface area (Å²) in [6, 6.07) is 1.22. The molecule has 2 nitrogen and oxygen atoms in total. The van der Waals surface area contributed by atoms with Crippen LogP contribution in [-0.2, 0) is 4.74 Å². The lowest BCUT2D eigenvalue weighted by molar-refractivity contribution is -0.0993. The van der Waals surface area contributed by atoms with Gasteiger partial charge in [0, 0.05) is 24.6 Å². The SMILES string of the molecule is COC1CC(NC2C=CCCC2)C1(C)C. The summed E-state index contributed by atoms with van der Waals surface area (Å²) in [7, 11) is 1.82. The van der Waals surface area contributed by atoms with Gasteiger partial charge in [0.2, 0.25) is 0 Å². The maximum Gasteiger partial charge on any atom is 0.0652 e. The summed E-state index contributed by atoms with van der Waals surface area (Å²) in [4.78, 5) is 0. The molecule has 0 bridgehead atoms. The Morgan fingerprint density at radius 2 is 2.20 bits per heavy atom. The predicted octanol–water partition coefficient (Wildman–Crippen LogP) is 2.50. The quantitative estimate of drug-likeness (QED) is 0.721. The molecule has 15 heavy (non-hydrogen) atoms. The Balaban J connectivity index is 1.86. The molecule has 2 aliphatic carbocycles. The fourth-order valence-electron chi connectivity index (χ4n) is 2.78. The minimum atomic E-state index is 0.292. The van der Waals surface area contributed by atoms with Crippen molar-refractivity contribution in [3.8, 4) is 0 Å². The topological polar surface area (TPSA) is 21.3 Å². The molecule has 0 aromatic rings. The summed E-state index contributed by atoms with van der Waals surface area (Å²) < 4.78 is 5.46. The molecule has 3 unspecified atom stereocenters. The second kappa shape index (κ2) is 4.26. The summed E-state index contributed by atoms with van der Waals surface area (Å²) in [6.07, 6.45) is 10.1. The van der Waals surface area contributed by atoms with E-state index >= 15 is 0 Å². The number of allylic oxidation sites excluding steroid dienone is 1. The van der Waals surface area contributed by atoms with Crippen LogP contribution < -0.4 is 5.32 Å². The van der Waals surface area contributed by atoms with Crippen LogP contribution in [0.1, 0.15) is 39.5 Å². The van der Waals surface area contributed by atoms with Crippen LogP contribution in [-0.4, -0.2) is 25.3 Å². The van der Waals surface area contributed by atoms with E-state index < -0.39 is 0 Å². The molecule has 1 saturated carbocycles. The lowest BCUT2D eigenvalue weighted by Crippen LogP contribution is -2.62. The van der Waals surface area contributed by atoms with E-state index in [9.17, 15) is 0 Å². The van der Waals surface area contributed by atoms with Crippen LogP contribution in [0.3, 0.4) is 0 Å². The third-order valence-corrected chi connectivity index (χ3v) is 4.13. The van der Waals surface area contributed by atoms with E-state index in [1.807, 2.05) is 7.11 Å². The largest absolute Gasteiger partial charge is 0.381 e. The predicted molar refractivity (Wildman–Crippen MR) is 62.9 cm³/mol. The summed E-state index contributed by atoms with van der Waals surface area (Å²) in [5, 5.41) is 3.74. The van der Waals surface area contributed by atoms with Crippen molar-refractivity contribution in [1.82, 2.24) is 5.32 Å². The average molecular weight is 209 g/mol. The zero-order valence-electron chi connectivity index (χ0n) is 10.1. The van der Waals surface area contributed by atoms with Gasteiger partial charge in [-0.15, -0.1) is 0 Å².